The summed E-state index contributed by atoms with van der Waals surface area (Å²) in [6, 6.07) is 14.6. The summed E-state index contributed by atoms with van der Waals surface area (Å²) in [7, 11) is 0. The van der Waals surface area contributed by atoms with Crippen LogP contribution in [0.3, 0.4) is 0 Å². The zero-order valence-corrected chi connectivity index (χ0v) is 13.4. The molecule has 0 radical (unpaired) electrons. The molecule has 0 saturated heterocycles. The van der Waals surface area contributed by atoms with Crippen molar-refractivity contribution in [2.24, 2.45) is 0 Å². The number of aromatic nitrogens is 5. The van der Waals surface area contributed by atoms with E-state index in [1.165, 1.54) is 16.8 Å². The Morgan fingerprint density at radius 1 is 0.920 bits per heavy atom. The third kappa shape index (κ3) is 1.59. The number of hydrogen-bond acceptors (Lipinski definition) is 2. The molecule has 0 bridgehead atoms. The molecule has 5 nitrogen and oxygen atoms in total. The van der Waals surface area contributed by atoms with Gasteiger partial charge in [-0.25, -0.2) is 4.57 Å². The van der Waals surface area contributed by atoms with Gasteiger partial charge in [0.15, 0.2) is 5.52 Å². The highest BCUT2D eigenvalue weighted by atomic mass is 15.3. The Morgan fingerprint density at radius 3 is 2.68 bits per heavy atom. The molecule has 1 aliphatic heterocycles. The number of para-hydroxylation sites is 1. The van der Waals surface area contributed by atoms with Crippen molar-refractivity contribution >= 4 is 16.8 Å². The molecule has 5 aromatic rings. The van der Waals surface area contributed by atoms with Crippen molar-refractivity contribution in [2.75, 3.05) is 0 Å². The number of pyridine rings is 2. The second-order valence-electron chi connectivity index (χ2n) is 6.34. The third-order valence-corrected chi connectivity index (χ3v) is 5.00. The average Bonchev–Trinajstić information content (AvgIpc) is 3.30. The van der Waals surface area contributed by atoms with Crippen LogP contribution in [0.1, 0.15) is 5.56 Å². The lowest BCUT2D eigenvalue weighted by Crippen LogP contribution is -2.18. The maximum absolute atomic E-state index is 4.35. The monoisotopic (exact) mass is 324 g/mol. The van der Waals surface area contributed by atoms with Crippen LogP contribution in [0.4, 0.5) is 0 Å². The zero-order valence-electron chi connectivity index (χ0n) is 13.4. The molecule has 0 N–H and O–H groups in total. The van der Waals surface area contributed by atoms with Crippen LogP contribution in [0, 0.1) is 0 Å². The summed E-state index contributed by atoms with van der Waals surface area (Å²) >= 11 is 0. The standard InChI is InChI=1S/C20H14N5/c1-2-4-15(5-3-1)25-18-11-22-9-7-17(18)24-13-19-16-6-8-21-10-14(16)12-23(19)20(24)25/h1-11,13H,12H2/q+1. The molecule has 0 amide bonds. The minimum Gasteiger partial charge on any atom is -0.264 e. The number of hydrogen-bond donors (Lipinski definition) is 0. The fourth-order valence-electron chi connectivity index (χ4n) is 3.93. The Kier molecular flexibility index (Phi) is 2.34. The SMILES string of the molecule is c1ccc(-n2c3cnccc3[n+]3cc4n(c23)Cc2cnccc2-4)cc1. The van der Waals surface area contributed by atoms with Crippen LogP contribution in [0.2, 0.25) is 0 Å². The molecular weight excluding hydrogens is 310 g/mol. The first-order valence-corrected chi connectivity index (χ1v) is 8.30. The molecule has 6 rings (SSSR count). The van der Waals surface area contributed by atoms with Crippen molar-refractivity contribution in [3.05, 3.63) is 79.0 Å². The summed E-state index contributed by atoms with van der Waals surface area (Å²) < 4.78 is 6.91. The molecule has 25 heavy (non-hydrogen) atoms. The van der Waals surface area contributed by atoms with Crippen molar-refractivity contribution in [2.45, 2.75) is 6.54 Å². The van der Waals surface area contributed by atoms with E-state index in [2.05, 4.69) is 66.1 Å². The van der Waals surface area contributed by atoms with Gasteiger partial charge in [0, 0.05) is 29.7 Å². The number of rotatable bonds is 1. The number of benzene rings is 1. The van der Waals surface area contributed by atoms with Crippen molar-refractivity contribution in [1.82, 2.24) is 19.1 Å². The minimum absolute atomic E-state index is 0.839. The number of imidazole rings is 2. The molecule has 0 atom stereocenters. The summed E-state index contributed by atoms with van der Waals surface area (Å²) in [5.41, 5.74) is 7.16. The van der Waals surface area contributed by atoms with Crippen LogP contribution < -0.4 is 4.40 Å². The van der Waals surface area contributed by atoms with Gasteiger partial charge >= 0.3 is 5.78 Å². The van der Waals surface area contributed by atoms with Crippen molar-refractivity contribution in [3.63, 3.8) is 0 Å². The predicted molar refractivity (Wildman–Crippen MR) is 94.6 cm³/mol. The molecule has 0 saturated carbocycles. The van der Waals surface area contributed by atoms with Gasteiger partial charge in [-0.2, -0.15) is 8.97 Å². The molecule has 1 aromatic carbocycles. The molecule has 118 valence electrons. The van der Waals surface area contributed by atoms with E-state index in [1.54, 1.807) is 0 Å². The van der Waals surface area contributed by atoms with Gasteiger partial charge < -0.3 is 0 Å². The van der Waals surface area contributed by atoms with Gasteiger partial charge in [0.2, 0.25) is 0 Å². The Hall–Kier alpha value is -3.47. The first-order chi connectivity index (χ1) is 12.4. The second-order valence-corrected chi connectivity index (χ2v) is 6.34. The maximum atomic E-state index is 4.35. The predicted octanol–water partition coefficient (Wildman–Crippen LogP) is 2.99. The third-order valence-electron chi connectivity index (χ3n) is 5.00. The van der Waals surface area contributed by atoms with E-state index in [0.717, 1.165) is 29.0 Å². The largest absolute Gasteiger partial charge is 0.375 e. The lowest BCUT2D eigenvalue weighted by atomic mass is 10.1. The van der Waals surface area contributed by atoms with Crippen LogP contribution in [0.15, 0.2) is 73.4 Å². The van der Waals surface area contributed by atoms with E-state index in [4.69, 9.17) is 0 Å². The quantitative estimate of drug-likeness (QED) is 0.436. The van der Waals surface area contributed by atoms with Gasteiger partial charge in [0.1, 0.15) is 23.1 Å². The number of fused-ring (bicyclic) bond motifs is 7. The molecule has 4 aromatic heterocycles. The molecule has 5 heterocycles. The van der Waals surface area contributed by atoms with Gasteiger partial charge in [-0.15, -0.1) is 0 Å². The maximum Gasteiger partial charge on any atom is 0.375 e. The van der Waals surface area contributed by atoms with E-state index < -0.39 is 0 Å². The van der Waals surface area contributed by atoms with E-state index in [1.807, 2.05) is 30.9 Å². The van der Waals surface area contributed by atoms with E-state index in [-0.39, 0.29) is 0 Å². The highest BCUT2D eigenvalue weighted by molar-refractivity contribution is 5.79. The topological polar surface area (TPSA) is 39.7 Å². The normalized spacial score (nSPS) is 12.6. The Balaban J connectivity index is 1.79. The van der Waals surface area contributed by atoms with Gasteiger partial charge in [-0.1, -0.05) is 18.2 Å². The summed E-state index contributed by atoms with van der Waals surface area (Å²) in [5.74, 6) is 1.14. The highest BCUT2D eigenvalue weighted by Gasteiger charge is 2.32. The zero-order chi connectivity index (χ0) is 16.4. The Labute approximate surface area is 143 Å². The van der Waals surface area contributed by atoms with Crippen molar-refractivity contribution in [1.29, 1.82) is 0 Å². The first-order valence-electron chi connectivity index (χ1n) is 8.30. The molecular formula is C20H14N5+. The van der Waals surface area contributed by atoms with Crippen LogP contribution in [-0.4, -0.2) is 19.1 Å². The molecule has 0 aliphatic carbocycles. The second kappa shape index (κ2) is 4.54. The van der Waals surface area contributed by atoms with Crippen molar-refractivity contribution < 1.29 is 4.40 Å². The molecule has 0 spiro atoms. The fraction of sp³-hybridized carbons (Fsp3) is 0.0500. The van der Waals surface area contributed by atoms with Gasteiger partial charge in [-0.05, 0) is 24.3 Å². The van der Waals surface area contributed by atoms with Crippen LogP contribution >= 0.6 is 0 Å². The lowest BCUT2D eigenvalue weighted by Gasteiger charge is -2.00. The van der Waals surface area contributed by atoms with Gasteiger partial charge in [-0.3, -0.25) is 9.97 Å². The summed E-state index contributed by atoms with van der Waals surface area (Å²) in [5, 5.41) is 0. The molecule has 5 heteroatoms. The van der Waals surface area contributed by atoms with Crippen LogP contribution in [0.5, 0.6) is 0 Å². The van der Waals surface area contributed by atoms with Crippen LogP contribution in [0.25, 0.3) is 33.8 Å². The lowest BCUT2D eigenvalue weighted by molar-refractivity contribution is -0.480. The summed E-state index contributed by atoms with van der Waals surface area (Å²) in [4.78, 5) is 8.64. The fourth-order valence-corrected chi connectivity index (χ4v) is 3.93. The van der Waals surface area contributed by atoms with Crippen molar-refractivity contribution in [3.8, 4) is 16.9 Å². The van der Waals surface area contributed by atoms with E-state index in [0.29, 0.717) is 0 Å². The first kappa shape index (κ1) is 12.9. The summed E-state index contributed by atoms with van der Waals surface area (Å²) in [6.45, 7) is 0.839. The van der Waals surface area contributed by atoms with E-state index >= 15 is 0 Å². The molecule has 1 aliphatic rings. The summed E-state index contributed by atoms with van der Waals surface area (Å²) in [6.07, 6.45) is 9.85. The van der Waals surface area contributed by atoms with Gasteiger partial charge in [0.25, 0.3) is 0 Å². The smallest absolute Gasteiger partial charge is 0.264 e. The van der Waals surface area contributed by atoms with Crippen LogP contribution in [-0.2, 0) is 6.54 Å². The molecule has 0 unspecified atom stereocenters. The highest BCUT2D eigenvalue weighted by Crippen LogP contribution is 2.34. The Morgan fingerprint density at radius 2 is 1.76 bits per heavy atom. The molecule has 0 fully saturated rings. The van der Waals surface area contributed by atoms with Gasteiger partial charge in [0.05, 0.1) is 12.7 Å². The van der Waals surface area contributed by atoms with E-state index in [9.17, 15) is 0 Å². The number of nitrogens with zero attached hydrogens (tertiary/aromatic N) is 5. The Bertz CT molecular complexity index is 1260. The minimum atomic E-state index is 0.839. The average molecular weight is 324 g/mol.